The minimum Gasteiger partial charge on any atom is -0.309 e. The average molecular weight is 653 g/mol. The highest BCUT2D eigenvalue weighted by Crippen LogP contribution is 2.35. The third-order valence-electron chi connectivity index (χ3n) is 9.59. The van der Waals surface area contributed by atoms with Crippen molar-refractivity contribution in [2.75, 3.05) is 0 Å². The Morgan fingerprint density at radius 1 is 0.373 bits per heavy atom. The van der Waals surface area contributed by atoms with Crippen LogP contribution >= 0.6 is 0 Å². The summed E-state index contributed by atoms with van der Waals surface area (Å²) in [6, 6.07) is 50.4. The second kappa shape index (κ2) is 11.8. The summed E-state index contributed by atoms with van der Waals surface area (Å²) in [5.41, 5.74) is 12.9. The summed E-state index contributed by atoms with van der Waals surface area (Å²) < 4.78 is 2.30. The molecule has 0 spiro atoms. The molecule has 0 atom stereocenters. The van der Waals surface area contributed by atoms with Gasteiger partial charge >= 0.3 is 0 Å². The van der Waals surface area contributed by atoms with E-state index < -0.39 is 0 Å². The molecule has 10 aromatic rings. The van der Waals surface area contributed by atoms with Crippen LogP contribution in [0.2, 0.25) is 0 Å². The van der Waals surface area contributed by atoms with E-state index in [0.717, 1.165) is 88.9 Å². The lowest BCUT2D eigenvalue weighted by atomic mass is 9.98. The molecule has 0 aliphatic rings. The first-order valence-corrected chi connectivity index (χ1v) is 16.9. The van der Waals surface area contributed by atoms with E-state index in [4.69, 9.17) is 9.97 Å². The highest BCUT2D eigenvalue weighted by atomic mass is 15.0. The van der Waals surface area contributed by atoms with Gasteiger partial charge in [0.2, 0.25) is 0 Å². The quantitative estimate of drug-likeness (QED) is 0.173. The lowest BCUT2D eigenvalue weighted by Crippen LogP contribution is -1.95. The molecule has 0 aliphatic heterocycles. The normalized spacial score (nSPS) is 11.5. The van der Waals surface area contributed by atoms with Gasteiger partial charge in [0.05, 0.1) is 44.8 Å². The van der Waals surface area contributed by atoms with E-state index in [1.54, 1.807) is 0 Å². The lowest BCUT2D eigenvalue weighted by molar-refractivity contribution is 1.17. The Hall–Kier alpha value is -7.05. The summed E-state index contributed by atoms with van der Waals surface area (Å²) in [6.45, 7) is 0. The molecule has 6 nitrogen and oxygen atoms in total. The molecule has 0 N–H and O–H groups in total. The summed E-state index contributed by atoms with van der Waals surface area (Å²) in [5.74, 6) is 0. The van der Waals surface area contributed by atoms with Gasteiger partial charge in [0.25, 0.3) is 0 Å². The van der Waals surface area contributed by atoms with Crippen LogP contribution in [0.4, 0.5) is 0 Å². The van der Waals surface area contributed by atoms with Gasteiger partial charge in [-0.05, 0) is 96.1 Å². The van der Waals surface area contributed by atoms with Crippen LogP contribution in [0.5, 0.6) is 0 Å². The summed E-state index contributed by atoms with van der Waals surface area (Å²) >= 11 is 0. The minimum absolute atomic E-state index is 0.816. The Morgan fingerprint density at radius 2 is 1.16 bits per heavy atom. The van der Waals surface area contributed by atoms with Crippen molar-refractivity contribution < 1.29 is 0 Å². The zero-order valence-electron chi connectivity index (χ0n) is 27.3. The van der Waals surface area contributed by atoms with E-state index in [9.17, 15) is 0 Å². The second-order valence-electron chi connectivity index (χ2n) is 12.6. The summed E-state index contributed by atoms with van der Waals surface area (Å²) in [6.07, 6.45) is 7.43. The van der Waals surface area contributed by atoms with Crippen molar-refractivity contribution in [3.05, 3.63) is 170 Å². The Morgan fingerprint density at radius 3 is 2.08 bits per heavy atom. The minimum atomic E-state index is 0.816. The van der Waals surface area contributed by atoms with Gasteiger partial charge in [0, 0.05) is 63.1 Å². The third-order valence-corrected chi connectivity index (χ3v) is 9.59. The Bertz CT molecular complexity index is 2860. The maximum Gasteiger partial charge on any atom is 0.0899 e. The zero-order valence-corrected chi connectivity index (χ0v) is 27.3. The molecular formula is C45H28N6. The van der Waals surface area contributed by atoms with E-state index in [1.807, 2.05) is 55.1 Å². The number of fused-ring (bicyclic) bond motifs is 6. The fourth-order valence-corrected chi connectivity index (χ4v) is 7.15. The number of hydrogen-bond donors (Lipinski definition) is 0. The van der Waals surface area contributed by atoms with Crippen molar-refractivity contribution in [2.24, 2.45) is 0 Å². The van der Waals surface area contributed by atoms with E-state index in [-0.39, 0.29) is 0 Å². The SMILES string of the molecule is c1ccc(-c2cc(-c3cccc(-c4ccc5c(ccc6ncccc65)n4)c3)cc(-c3ccc(-n4c5ccccc5c5cnccc54)cc3)n2)nc1. The van der Waals surface area contributed by atoms with Gasteiger partial charge in [-0.15, -0.1) is 0 Å². The van der Waals surface area contributed by atoms with E-state index in [1.165, 1.54) is 5.39 Å². The Balaban J connectivity index is 1.07. The van der Waals surface area contributed by atoms with E-state index in [0.29, 0.717) is 0 Å². The van der Waals surface area contributed by atoms with Crippen LogP contribution in [0.3, 0.4) is 0 Å². The summed E-state index contributed by atoms with van der Waals surface area (Å²) in [4.78, 5) is 23.8. The molecule has 51 heavy (non-hydrogen) atoms. The number of nitrogens with zero attached hydrogens (tertiary/aromatic N) is 6. The largest absolute Gasteiger partial charge is 0.309 e. The maximum absolute atomic E-state index is 5.14. The lowest BCUT2D eigenvalue weighted by Gasteiger charge is -2.12. The van der Waals surface area contributed by atoms with Crippen molar-refractivity contribution in [2.45, 2.75) is 0 Å². The monoisotopic (exact) mass is 652 g/mol. The highest BCUT2D eigenvalue weighted by molar-refractivity contribution is 6.09. The van der Waals surface area contributed by atoms with Crippen LogP contribution in [0.15, 0.2) is 170 Å². The topological polar surface area (TPSA) is 69.4 Å². The van der Waals surface area contributed by atoms with Gasteiger partial charge in [0.1, 0.15) is 0 Å². The van der Waals surface area contributed by atoms with Crippen LogP contribution < -0.4 is 0 Å². The molecular weight excluding hydrogens is 625 g/mol. The molecule has 0 radical (unpaired) electrons. The molecule has 0 saturated carbocycles. The molecule has 6 heteroatoms. The molecule has 0 saturated heterocycles. The first kappa shape index (κ1) is 28.9. The van der Waals surface area contributed by atoms with Gasteiger partial charge < -0.3 is 4.57 Å². The number of pyridine rings is 5. The molecule has 4 aromatic carbocycles. The van der Waals surface area contributed by atoms with Crippen molar-refractivity contribution >= 4 is 43.6 Å². The van der Waals surface area contributed by atoms with Crippen LogP contribution in [-0.4, -0.2) is 29.5 Å². The summed E-state index contributed by atoms with van der Waals surface area (Å²) in [7, 11) is 0. The molecule has 0 unspecified atom stereocenters. The molecule has 0 fully saturated rings. The maximum atomic E-state index is 5.14. The van der Waals surface area contributed by atoms with Gasteiger partial charge in [-0.25, -0.2) is 9.97 Å². The van der Waals surface area contributed by atoms with Crippen molar-refractivity contribution in [3.63, 3.8) is 0 Å². The predicted octanol–water partition coefficient (Wildman–Crippen LogP) is 10.7. The van der Waals surface area contributed by atoms with Crippen LogP contribution in [-0.2, 0) is 0 Å². The van der Waals surface area contributed by atoms with Crippen LogP contribution in [0, 0.1) is 0 Å². The molecule has 6 heterocycles. The number of para-hydroxylation sites is 1. The number of benzene rings is 4. The summed E-state index contributed by atoms with van der Waals surface area (Å²) in [5, 5.41) is 4.53. The standard InChI is InChI=1S/C45H28N6/c1-2-12-44-36(9-1)37-28-46-24-21-45(37)51(44)33-15-13-29(14-16-33)42-26-32(27-43(50-42)41-11-3-4-22-48-41)30-7-5-8-31(25-30)38-18-17-35-34-10-6-23-47-39(34)19-20-40(35)49-38/h1-28H. The predicted molar refractivity (Wildman–Crippen MR) is 207 cm³/mol. The molecule has 6 aromatic heterocycles. The Kier molecular flexibility index (Phi) is 6.70. The molecule has 0 amide bonds. The first-order valence-electron chi connectivity index (χ1n) is 16.9. The van der Waals surface area contributed by atoms with Crippen LogP contribution in [0.25, 0.3) is 94.3 Å². The van der Waals surface area contributed by atoms with E-state index in [2.05, 4.69) is 135 Å². The smallest absolute Gasteiger partial charge is 0.0899 e. The number of rotatable bonds is 5. The zero-order chi connectivity index (χ0) is 33.7. The number of aromatic nitrogens is 6. The van der Waals surface area contributed by atoms with Crippen molar-refractivity contribution in [1.82, 2.24) is 29.5 Å². The second-order valence-corrected chi connectivity index (χ2v) is 12.6. The van der Waals surface area contributed by atoms with Crippen molar-refractivity contribution in [3.8, 4) is 50.7 Å². The van der Waals surface area contributed by atoms with Gasteiger partial charge in [-0.1, -0.05) is 60.7 Å². The van der Waals surface area contributed by atoms with Crippen molar-refractivity contribution in [1.29, 1.82) is 0 Å². The van der Waals surface area contributed by atoms with Gasteiger partial charge in [-0.2, -0.15) is 0 Å². The molecule has 0 aliphatic carbocycles. The molecule has 238 valence electrons. The fourth-order valence-electron chi connectivity index (χ4n) is 7.15. The highest BCUT2D eigenvalue weighted by Gasteiger charge is 2.14. The van der Waals surface area contributed by atoms with Gasteiger partial charge in [0.15, 0.2) is 0 Å². The third kappa shape index (κ3) is 5.01. The van der Waals surface area contributed by atoms with E-state index >= 15 is 0 Å². The fraction of sp³-hybridized carbons (Fsp3) is 0. The number of hydrogen-bond acceptors (Lipinski definition) is 5. The average Bonchev–Trinajstić information content (AvgIpc) is 3.55. The molecule has 0 bridgehead atoms. The Labute approximate surface area is 293 Å². The first-order chi connectivity index (χ1) is 25.3. The molecule has 10 rings (SSSR count). The van der Waals surface area contributed by atoms with Gasteiger partial charge in [-0.3, -0.25) is 15.0 Å². The van der Waals surface area contributed by atoms with Crippen LogP contribution in [0.1, 0.15) is 0 Å².